The van der Waals surface area contributed by atoms with Crippen molar-refractivity contribution in [1.82, 2.24) is 0 Å². The van der Waals surface area contributed by atoms with E-state index in [4.69, 9.17) is 5.73 Å². The molecule has 1 aromatic rings. The fourth-order valence-electron chi connectivity index (χ4n) is 2.72. The molecule has 1 aliphatic rings. The number of aliphatic hydroxyl groups excluding tert-OH is 1. The van der Waals surface area contributed by atoms with Crippen molar-refractivity contribution in [2.75, 3.05) is 0 Å². The molecule has 0 spiro atoms. The van der Waals surface area contributed by atoms with Crippen LogP contribution in [0, 0.1) is 5.92 Å². The van der Waals surface area contributed by atoms with Crippen LogP contribution in [0.5, 0.6) is 5.75 Å². The van der Waals surface area contributed by atoms with Crippen LogP contribution in [-0.4, -0.2) is 16.3 Å². The van der Waals surface area contributed by atoms with Crippen molar-refractivity contribution in [2.45, 2.75) is 44.2 Å². The first-order valence-electron chi connectivity index (χ1n) is 6.41. The van der Waals surface area contributed by atoms with Crippen LogP contribution < -0.4 is 5.73 Å². The predicted molar refractivity (Wildman–Crippen MR) is 74.9 cm³/mol. The van der Waals surface area contributed by atoms with Gasteiger partial charge in [-0.1, -0.05) is 37.5 Å². The Hall–Kier alpha value is -0.770. The molecule has 0 aromatic heterocycles. The van der Waals surface area contributed by atoms with Crippen molar-refractivity contribution in [3.05, 3.63) is 29.8 Å². The molecule has 0 saturated heterocycles. The average molecular weight is 272 g/mol. The number of halogens is 1. The van der Waals surface area contributed by atoms with Gasteiger partial charge in [-0.2, -0.15) is 0 Å². The van der Waals surface area contributed by atoms with Crippen LogP contribution in [0.25, 0.3) is 0 Å². The van der Waals surface area contributed by atoms with Gasteiger partial charge in [-0.05, 0) is 24.8 Å². The van der Waals surface area contributed by atoms with Gasteiger partial charge in [0.2, 0.25) is 0 Å². The van der Waals surface area contributed by atoms with Crippen molar-refractivity contribution in [3.8, 4) is 5.75 Å². The molecule has 4 heteroatoms. The van der Waals surface area contributed by atoms with Gasteiger partial charge in [-0.25, -0.2) is 0 Å². The first-order valence-corrected chi connectivity index (χ1v) is 6.41. The van der Waals surface area contributed by atoms with Crippen LogP contribution in [0.4, 0.5) is 0 Å². The summed E-state index contributed by atoms with van der Waals surface area (Å²) in [6, 6.07) is 6.51. The molecule has 0 unspecified atom stereocenters. The third-order valence-corrected chi connectivity index (χ3v) is 3.80. The molecule has 4 N–H and O–H groups in total. The highest BCUT2D eigenvalue weighted by Gasteiger charge is 2.28. The van der Waals surface area contributed by atoms with Gasteiger partial charge in [0.15, 0.2) is 0 Å². The fourth-order valence-corrected chi connectivity index (χ4v) is 2.72. The number of phenolic OH excluding ortho intramolecular Hbond substituents is 1. The first-order chi connectivity index (χ1) is 8.20. The van der Waals surface area contributed by atoms with Crippen molar-refractivity contribution in [2.24, 2.45) is 11.7 Å². The largest absolute Gasteiger partial charge is 0.508 e. The summed E-state index contributed by atoms with van der Waals surface area (Å²) in [5.74, 6) is 0.452. The van der Waals surface area contributed by atoms with Crippen LogP contribution in [0.1, 0.15) is 43.7 Å². The third kappa shape index (κ3) is 3.37. The van der Waals surface area contributed by atoms with E-state index < -0.39 is 12.1 Å². The zero-order valence-corrected chi connectivity index (χ0v) is 11.3. The molecule has 3 nitrogen and oxygen atoms in total. The summed E-state index contributed by atoms with van der Waals surface area (Å²) in [6.07, 6.45) is 5.15. The predicted octanol–water partition coefficient (Wildman–Crippen LogP) is 2.76. The molecule has 0 heterocycles. The van der Waals surface area contributed by atoms with Crippen LogP contribution in [0.15, 0.2) is 24.3 Å². The van der Waals surface area contributed by atoms with Crippen LogP contribution in [0.2, 0.25) is 0 Å². The van der Waals surface area contributed by atoms with Gasteiger partial charge in [0.1, 0.15) is 5.75 Å². The monoisotopic (exact) mass is 271 g/mol. The Balaban J connectivity index is 0.00000162. The molecule has 1 fully saturated rings. The van der Waals surface area contributed by atoms with Crippen molar-refractivity contribution in [3.63, 3.8) is 0 Å². The molecule has 1 saturated carbocycles. The molecule has 0 bridgehead atoms. The molecule has 18 heavy (non-hydrogen) atoms. The van der Waals surface area contributed by atoms with Gasteiger partial charge in [-0.3, -0.25) is 0 Å². The zero-order chi connectivity index (χ0) is 12.3. The van der Waals surface area contributed by atoms with Crippen molar-refractivity contribution < 1.29 is 10.2 Å². The number of aromatic hydroxyl groups is 1. The molecule has 1 aliphatic carbocycles. The summed E-state index contributed by atoms with van der Waals surface area (Å²) in [5.41, 5.74) is 6.70. The van der Waals surface area contributed by atoms with E-state index in [9.17, 15) is 10.2 Å². The highest BCUT2D eigenvalue weighted by Crippen LogP contribution is 2.33. The molecule has 1 aromatic carbocycles. The number of rotatable bonds is 3. The average Bonchev–Trinajstić information content (AvgIpc) is 2.39. The Morgan fingerprint density at radius 2 is 1.72 bits per heavy atom. The Morgan fingerprint density at radius 3 is 2.33 bits per heavy atom. The van der Waals surface area contributed by atoms with Crippen LogP contribution in [0.3, 0.4) is 0 Å². The topological polar surface area (TPSA) is 66.5 Å². The first kappa shape index (κ1) is 15.3. The minimum absolute atomic E-state index is 0. The smallest absolute Gasteiger partial charge is 0.120 e. The van der Waals surface area contributed by atoms with E-state index in [0.29, 0.717) is 5.56 Å². The van der Waals surface area contributed by atoms with Crippen LogP contribution in [-0.2, 0) is 0 Å². The summed E-state index contributed by atoms with van der Waals surface area (Å²) in [6.45, 7) is 0. The highest BCUT2D eigenvalue weighted by molar-refractivity contribution is 5.85. The van der Waals surface area contributed by atoms with E-state index in [-0.39, 0.29) is 24.1 Å². The second-order valence-electron chi connectivity index (χ2n) is 4.97. The van der Waals surface area contributed by atoms with Crippen LogP contribution >= 0.6 is 12.4 Å². The third-order valence-electron chi connectivity index (χ3n) is 3.80. The van der Waals surface area contributed by atoms with Gasteiger partial charge in [0.05, 0.1) is 12.1 Å². The number of para-hydroxylation sites is 1. The van der Waals surface area contributed by atoms with E-state index in [1.54, 1.807) is 18.2 Å². The molecule has 102 valence electrons. The normalized spacial score (nSPS) is 19.9. The van der Waals surface area contributed by atoms with E-state index in [1.165, 1.54) is 19.3 Å². The lowest BCUT2D eigenvalue weighted by atomic mass is 9.81. The fraction of sp³-hybridized carbons (Fsp3) is 0.571. The summed E-state index contributed by atoms with van der Waals surface area (Å²) in [7, 11) is 0. The number of aliphatic hydroxyl groups is 1. The number of hydrogen-bond donors (Lipinski definition) is 3. The van der Waals surface area contributed by atoms with Gasteiger partial charge < -0.3 is 15.9 Å². The molecule has 2 atom stereocenters. The van der Waals surface area contributed by atoms with E-state index in [0.717, 1.165) is 12.8 Å². The quantitative estimate of drug-likeness (QED) is 0.792. The Labute approximate surface area is 114 Å². The zero-order valence-electron chi connectivity index (χ0n) is 10.5. The van der Waals surface area contributed by atoms with Crippen molar-refractivity contribution in [1.29, 1.82) is 0 Å². The Bertz CT molecular complexity index is 367. The SMILES string of the molecule is Cl.N[C@@H](c1ccccc1O)[C@H](O)C1CCCCC1. The standard InChI is InChI=1S/C14H21NO2.ClH/c15-13(11-8-4-5-9-12(11)16)14(17)10-6-2-1-3-7-10;/h4-5,8-10,13-14,16-17H,1-3,6-7,15H2;1H/t13-,14+;/m0./s1. The number of phenols is 1. The summed E-state index contributed by atoms with van der Waals surface area (Å²) < 4.78 is 0. The minimum Gasteiger partial charge on any atom is -0.508 e. The number of nitrogens with two attached hydrogens (primary N) is 1. The lowest BCUT2D eigenvalue weighted by Gasteiger charge is -2.30. The van der Waals surface area contributed by atoms with Gasteiger partial charge in [0, 0.05) is 5.56 Å². The number of benzene rings is 1. The molecule has 2 rings (SSSR count). The molecular weight excluding hydrogens is 250 g/mol. The Morgan fingerprint density at radius 1 is 1.11 bits per heavy atom. The molecular formula is C14H22ClNO2. The lowest BCUT2D eigenvalue weighted by Crippen LogP contribution is -2.34. The second-order valence-corrected chi connectivity index (χ2v) is 4.97. The molecule has 0 aliphatic heterocycles. The van der Waals surface area contributed by atoms with E-state index in [2.05, 4.69) is 0 Å². The second kappa shape index (κ2) is 6.98. The lowest BCUT2D eigenvalue weighted by molar-refractivity contribution is 0.0611. The number of hydrogen-bond acceptors (Lipinski definition) is 3. The van der Waals surface area contributed by atoms with Crippen molar-refractivity contribution >= 4 is 12.4 Å². The van der Waals surface area contributed by atoms with Gasteiger partial charge >= 0.3 is 0 Å². The van der Waals surface area contributed by atoms with Gasteiger partial charge in [0.25, 0.3) is 0 Å². The summed E-state index contributed by atoms with van der Waals surface area (Å²) in [4.78, 5) is 0. The Kier molecular flexibility index (Phi) is 5.93. The van der Waals surface area contributed by atoms with E-state index in [1.807, 2.05) is 6.07 Å². The maximum absolute atomic E-state index is 10.3. The maximum Gasteiger partial charge on any atom is 0.120 e. The van der Waals surface area contributed by atoms with E-state index >= 15 is 0 Å². The molecule has 0 amide bonds. The molecule has 0 radical (unpaired) electrons. The van der Waals surface area contributed by atoms with Gasteiger partial charge in [-0.15, -0.1) is 12.4 Å². The summed E-state index contributed by atoms with van der Waals surface area (Å²) in [5, 5.41) is 20.0. The summed E-state index contributed by atoms with van der Waals surface area (Å²) >= 11 is 0. The maximum atomic E-state index is 10.3. The minimum atomic E-state index is -0.552. The highest BCUT2D eigenvalue weighted by atomic mass is 35.5.